The number of ether oxygens (including phenoxy) is 1. The van der Waals surface area contributed by atoms with Crippen molar-refractivity contribution < 1.29 is 9.53 Å². The predicted octanol–water partition coefficient (Wildman–Crippen LogP) is 3.77. The molecule has 0 aliphatic carbocycles. The van der Waals surface area contributed by atoms with Gasteiger partial charge in [-0.15, -0.1) is 0 Å². The fourth-order valence-electron chi connectivity index (χ4n) is 3.88. The molecule has 2 N–H and O–H groups in total. The Morgan fingerprint density at radius 3 is 2.90 bits per heavy atom. The van der Waals surface area contributed by atoms with Crippen LogP contribution in [-0.2, 0) is 0 Å². The number of nitrogens with zero attached hydrogens (tertiary/aromatic N) is 4. The summed E-state index contributed by atoms with van der Waals surface area (Å²) in [6.45, 7) is 2.82. The smallest absolute Gasteiger partial charge is 0.255 e. The van der Waals surface area contributed by atoms with Crippen LogP contribution in [0, 0.1) is 24.2 Å². The first kappa shape index (κ1) is 18.0. The van der Waals surface area contributed by atoms with Crippen molar-refractivity contribution in [1.29, 1.82) is 5.26 Å². The van der Waals surface area contributed by atoms with E-state index in [1.807, 2.05) is 43.3 Å². The van der Waals surface area contributed by atoms with Crippen molar-refractivity contribution in [2.24, 2.45) is 5.92 Å². The second-order valence-corrected chi connectivity index (χ2v) is 7.52. The Hall–Kier alpha value is -4.05. The van der Waals surface area contributed by atoms with Crippen LogP contribution >= 0.6 is 0 Å². The minimum absolute atomic E-state index is 0.0800. The highest BCUT2D eigenvalue weighted by Gasteiger charge is 2.32. The maximum atomic E-state index is 12.9. The standard InChI is InChI=1S/C23H19N5O2/c1-14-19(23(29)27-11-15(10-24)12-27)13-28-22(14)21(7-8-26-28)30-17-6-5-16-3-2-4-20(25)18(16)9-17/h2-9,13,15H,11-12,25H2,1H3. The lowest BCUT2D eigenvalue weighted by atomic mass is 10.0. The van der Waals surface area contributed by atoms with Crippen LogP contribution in [0.1, 0.15) is 15.9 Å². The molecule has 3 heterocycles. The zero-order chi connectivity index (χ0) is 20.8. The summed E-state index contributed by atoms with van der Waals surface area (Å²) >= 11 is 0. The molecule has 4 aromatic rings. The molecule has 30 heavy (non-hydrogen) atoms. The molecule has 1 aliphatic rings. The summed E-state index contributed by atoms with van der Waals surface area (Å²) in [6.07, 6.45) is 3.36. The van der Waals surface area contributed by atoms with Crippen LogP contribution in [0.5, 0.6) is 11.5 Å². The van der Waals surface area contributed by atoms with Gasteiger partial charge in [-0.1, -0.05) is 18.2 Å². The van der Waals surface area contributed by atoms with Crippen molar-refractivity contribution >= 4 is 27.9 Å². The third-order valence-corrected chi connectivity index (χ3v) is 5.59. The summed E-state index contributed by atoms with van der Waals surface area (Å²) in [6, 6.07) is 15.5. The van der Waals surface area contributed by atoms with Crippen molar-refractivity contribution in [2.75, 3.05) is 18.8 Å². The quantitative estimate of drug-likeness (QED) is 0.531. The van der Waals surface area contributed by atoms with Crippen molar-refractivity contribution in [2.45, 2.75) is 6.92 Å². The van der Waals surface area contributed by atoms with Gasteiger partial charge >= 0.3 is 0 Å². The lowest BCUT2D eigenvalue weighted by Gasteiger charge is -2.35. The van der Waals surface area contributed by atoms with E-state index in [-0.39, 0.29) is 11.8 Å². The highest BCUT2D eigenvalue weighted by atomic mass is 16.5. The number of nitrogen functional groups attached to an aromatic ring is 1. The van der Waals surface area contributed by atoms with E-state index >= 15 is 0 Å². The van der Waals surface area contributed by atoms with Gasteiger partial charge in [-0.2, -0.15) is 10.4 Å². The number of carbonyl (C=O) groups excluding carboxylic acids is 1. The second kappa shape index (κ2) is 6.78. The van der Waals surface area contributed by atoms with Gasteiger partial charge in [0.1, 0.15) is 11.3 Å². The number of amides is 1. The molecule has 7 heteroatoms. The van der Waals surface area contributed by atoms with Crippen LogP contribution in [0.4, 0.5) is 5.69 Å². The highest BCUT2D eigenvalue weighted by molar-refractivity contribution is 5.99. The first-order valence-corrected chi connectivity index (χ1v) is 9.67. The van der Waals surface area contributed by atoms with E-state index in [4.69, 9.17) is 15.7 Å². The molecule has 0 spiro atoms. The molecule has 5 rings (SSSR count). The molecule has 2 aromatic carbocycles. The molecule has 148 valence electrons. The minimum atomic E-state index is -0.0890. The lowest BCUT2D eigenvalue weighted by Crippen LogP contribution is -2.49. The van der Waals surface area contributed by atoms with Gasteiger partial charge in [0.15, 0.2) is 5.75 Å². The molecule has 0 radical (unpaired) electrons. The molecule has 1 amide bonds. The van der Waals surface area contributed by atoms with Crippen LogP contribution in [-0.4, -0.2) is 33.5 Å². The van der Waals surface area contributed by atoms with E-state index < -0.39 is 0 Å². The van der Waals surface area contributed by atoms with Gasteiger partial charge < -0.3 is 15.4 Å². The van der Waals surface area contributed by atoms with E-state index in [0.717, 1.165) is 21.9 Å². The fraction of sp³-hybridized carbons (Fsp3) is 0.174. The van der Waals surface area contributed by atoms with Gasteiger partial charge in [-0.05, 0) is 36.1 Å². The number of carbonyl (C=O) groups is 1. The monoisotopic (exact) mass is 397 g/mol. The molecule has 0 bridgehead atoms. The van der Waals surface area contributed by atoms with E-state index in [2.05, 4.69) is 11.2 Å². The first-order chi connectivity index (χ1) is 14.5. The Labute approximate surface area is 172 Å². The summed E-state index contributed by atoms with van der Waals surface area (Å²) in [5, 5.41) is 15.3. The number of hydrogen-bond donors (Lipinski definition) is 1. The summed E-state index contributed by atoms with van der Waals surface area (Å²) in [5.74, 6) is 1.09. The fourth-order valence-corrected chi connectivity index (χ4v) is 3.88. The topological polar surface area (TPSA) is 96.7 Å². The lowest BCUT2D eigenvalue weighted by molar-refractivity contribution is 0.0576. The molecule has 2 aromatic heterocycles. The maximum Gasteiger partial charge on any atom is 0.255 e. The summed E-state index contributed by atoms with van der Waals surface area (Å²) in [5.41, 5.74) is 8.89. The number of fused-ring (bicyclic) bond motifs is 2. The highest BCUT2D eigenvalue weighted by Crippen LogP contribution is 2.33. The molecule has 1 aliphatic heterocycles. The summed E-state index contributed by atoms with van der Waals surface area (Å²) in [4.78, 5) is 14.5. The van der Waals surface area contributed by atoms with Gasteiger partial charge in [0.25, 0.3) is 5.91 Å². The number of aromatic nitrogens is 2. The Morgan fingerprint density at radius 1 is 1.27 bits per heavy atom. The van der Waals surface area contributed by atoms with Crippen LogP contribution in [0.3, 0.4) is 0 Å². The van der Waals surface area contributed by atoms with Crippen LogP contribution < -0.4 is 10.5 Å². The third-order valence-electron chi connectivity index (χ3n) is 5.59. The van der Waals surface area contributed by atoms with E-state index in [0.29, 0.717) is 35.8 Å². The predicted molar refractivity (Wildman–Crippen MR) is 113 cm³/mol. The third kappa shape index (κ3) is 2.81. The van der Waals surface area contributed by atoms with Crippen LogP contribution in [0.15, 0.2) is 54.9 Å². The molecule has 0 atom stereocenters. The number of rotatable bonds is 3. The molecule has 1 fully saturated rings. The van der Waals surface area contributed by atoms with Gasteiger partial charge in [-0.3, -0.25) is 4.79 Å². The first-order valence-electron chi connectivity index (χ1n) is 9.67. The zero-order valence-corrected chi connectivity index (χ0v) is 16.4. The Balaban J connectivity index is 1.51. The number of hydrogen-bond acceptors (Lipinski definition) is 5. The second-order valence-electron chi connectivity index (χ2n) is 7.52. The zero-order valence-electron chi connectivity index (χ0n) is 16.4. The van der Waals surface area contributed by atoms with Gasteiger partial charge in [-0.25, -0.2) is 4.52 Å². The van der Waals surface area contributed by atoms with Gasteiger partial charge in [0.2, 0.25) is 0 Å². The van der Waals surface area contributed by atoms with E-state index in [1.165, 1.54) is 0 Å². The average Bonchev–Trinajstić information content (AvgIpc) is 3.05. The molecule has 0 saturated carbocycles. The van der Waals surface area contributed by atoms with Gasteiger partial charge in [0.05, 0.1) is 23.7 Å². The number of benzene rings is 2. The molecule has 0 unspecified atom stereocenters. The summed E-state index contributed by atoms with van der Waals surface area (Å²) in [7, 11) is 0. The van der Waals surface area contributed by atoms with Crippen LogP contribution in [0.2, 0.25) is 0 Å². The minimum Gasteiger partial charge on any atom is -0.455 e. The molecule has 7 nitrogen and oxygen atoms in total. The molecular formula is C23H19N5O2. The van der Waals surface area contributed by atoms with E-state index in [1.54, 1.807) is 27.9 Å². The van der Waals surface area contributed by atoms with Gasteiger partial charge in [0, 0.05) is 36.4 Å². The number of anilines is 1. The molecule has 1 saturated heterocycles. The number of aryl methyl sites for hydroxylation is 1. The van der Waals surface area contributed by atoms with Crippen molar-refractivity contribution in [3.8, 4) is 17.6 Å². The molecular weight excluding hydrogens is 378 g/mol. The Morgan fingerprint density at radius 2 is 2.10 bits per heavy atom. The Kier molecular flexibility index (Phi) is 4.07. The summed E-state index contributed by atoms with van der Waals surface area (Å²) < 4.78 is 7.84. The SMILES string of the molecule is Cc1c(C(=O)N2CC(C#N)C2)cn2nccc(Oc3ccc4cccc(N)c4c3)c12. The largest absolute Gasteiger partial charge is 0.455 e. The van der Waals surface area contributed by atoms with E-state index in [9.17, 15) is 4.79 Å². The number of nitrogens with two attached hydrogens (primary N) is 1. The normalized spacial score (nSPS) is 13.9. The van der Waals surface area contributed by atoms with Crippen molar-refractivity contribution in [1.82, 2.24) is 14.5 Å². The van der Waals surface area contributed by atoms with Crippen molar-refractivity contribution in [3.05, 3.63) is 66.0 Å². The maximum absolute atomic E-state index is 12.9. The van der Waals surface area contributed by atoms with Crippen LogP contribution in [0.25, 0.3) is 16.3 Å². The number of nitriles is 1. The Bertz CT molecular complexity index is 1350. The van der Waals surface area contributed by atoms with Crippen molar-refractivity contribution in [3.63, 3.8) is 0 Å². The average molecular weight is 397 g/mol. The number of likely N-dealkylation sites (tertiary alicyclic amines) is 1.